The van der Waals surface area contributed by atoms with Crippen molar-refractivity contribution in [2.24, 2.45) is 0 Å². The maximum atomic E-state index is 13.2. The Bertz CT molecular complexity index is 1720. The second kappa shape index (κ2) is 8.43. The molecule has 11 heteroatoms. The van der Waals surface area contributed by atoms with Crippen molar-refractivity contribution in [1.82, 2.24) is 24.3 Å². The number of rotatable bonds is 4. The van der Waals surface area contributed by atoms with E-state index < -0.39 is 5.41 Å². The molecular weight excluding hydrogens is 513 g/mol. The highest BCUT2D eigenvalue weighted by Gasteiger charge is 2.47. The Labute approximate surface area is 221 Å². The predicted octanol–water partition coefficient (Wildman–Crippen LogP) is 4.63. The molecule has 4 heterocycles. The van der Waals surface area contributed by atoms with Crippen molar-refractivity contribution in [1.29, 1.82) is 0 Å². The molecule has 0 spiro atoms. The third kappa shape index (κ3) is 3.75. The topological polar surface area (TPSA) is 131 Å². The van der Waals surface area contributed by atoms with Crippen LogP contribution in [0.2, 0.25) is 10.0 Å². The van der Waals surface area contributed by atoms with E-state index in [0.29, 0.717) is 33.9 Å². The molecule has 0 saturated heterocycles. The van der Waals surface area contributed by atoms with Crippen LogP contribution in [0.25, 0.3) is 17.2 Å². The lowest BCUT2D eigenvalue weighted by Gasteiger charge is -2.23. The van der Waals surface area contributed by atoms with E-state index in [4.69, 9.17) is 33.9 Å². The van der Waals surface area contributed by atoms with Gasteiger partial charge in [-0.1, -0.05) is 41.4 Å². The van der Waals surface area contributed by atoms with Crippen LogP contribution in [0.1, 0.15) is 29.3 Å². The largest absolute Gasteiger partial charge is 0.506 e. The van der Waals surface area contributed by atoms with Gasteiger partial charge in [0.2, 0.25) is 5.91 Å². The number of nitrogens with zero attached hydrogens (tertiary/aromatic N) is 5. The Hall–Kier alpha value is -4.21. The molecule has 6 rings (SSSR count). The van der Waals surface area contributed by atoms with Crippen LogP contribution < -0.4 is 11.1 Å². The number of nitrogens with one attached hydrogen (secondary N) is 1. The second-order valence-corrected chi connectivity index (χ2v) is 9.78. The van der Waals surface area contributed by atoms with Gasteiger partial charge >= 0.3 is 0 Å². The molecule has 0 radical (unpaired) electrons. The Morgan fingerprint density at radius 3 is 2.65 bits per heavy atom. The highest BCUT2D eigenvalue weighted by molar-refractivity contribution is 6.32. The monoisotopic (exact) mass is 531 g/mol. The number of amides is 1. The number of imidazole rings is 1. The van der Waals surface area contributed by atoms with Crippen molar-refractivity contribution in [2.75, 3.05) is 11.1 Å². The summed E-state index contributed by atoms with van der Waals surface area (Å²) >= 11 is 12.0. The van der Waals surface area contributed by atoms with Gasteiger partial charge in [0, 0.05) is 30.0 Å². The molecule has 9 nitrogen and oxygen atoms in total. The fraction of sp³-hybridized carbons (Fsp3) is 0.115. The molecular formula is C26H19Cl2N7O2. The highest BCUT2D eigenvalue weighted by Crippen LogP contribution is 2.46. The highest BCUT2D eigenvalue weighted by atomic mass is 35.5. The van der Waals surface area contributed by atoms with Crippen LogP contribution in [0.15, 0.2) is 61.1 Å². The average Bonchev–Trinajstić information content (AvgIpc) is 3.45. The maximum absolute atomic E-state index is 13.2. The number of carbonyl (C=O) groups is 1. The zero-order valence-corrected chi connectivity index (χ0v) is 20.9. The molecule has 0 unspecified atom stereocenters. The zero-order valence-electron chi connectivity index (χ0n) is 19.4. The summed E-state index contributed by atoms with van der Waals surface area (Å²) < 4.78 is 1.85. The van der Waals surface area contributed by atoms with E-state index in [1.54, 1.807) is 25.4 Å². The first-order valence-corrected chi connectivity index (χ1v) is 12.1. The summed E-state index contributed by atoms with van der Waals surface area (Å²) in [5, 5.41) is 13.8. The van der Waals surface area contributed by atoms with Crippen LogP contribution in [0.4, 0.5) is 11.6 Å². The lowest BCUT2D eigenvalue weighted by molar-refractivity contribution is -0.119. The van der Waals surface area contributed by atoms with Gasteiger partial charge in [-0.15, -0.1) is 0 Å². The molecule has 1 aliphatic rings. The van der Waals surface area contributed by atoms with Crippen LogP contribution in [-0.2, 0) is 16.6 Å². The standard InChI is InChI=1S/C26H19Cl2N7O2/c1-26(14-4-7-16(28)19(36)11-14)20-21(29)32-22(33-23(20)34-25(26)37)18-12-35-9-8-30-24(35)17(31-18)10-13-2-5-15(27)6-3-13/h2-9,11-12,36H,10H2,1H3,(H3,29,32,33,34,37)/t26-/m0/s1. The van der Waals surface area contributed by atoms with Crippen molar-refractivity contribution in [3.05, 3.63) is 93.5 Å². The molecule has 3 aromatic heterocycles. The number of anilines is 2. The molecule has 0 bridgehead atoms. The van der Waals surface area contributed by atoms with Crippen molar-refractivity contribution >= 4 is 46.4 Å². The number of fused-ring (bicyclic) bond motifs is 2. The molecule has 1 amide bonds. The number of aromatic nitrogens is 5. The van der Waals surface area contributed by atoms with E-state index in [0.717, 1.165) is 11.3 Å². The van der Waals surface area contributed by atoms with Gasteiger partial charge in [0.05, 0.1) is 16.3 Å². The summed E-state index contributed by atoms with van der Waals surface area (Å²) in [4.78, 5) is 31.6. The normalized spacial score (nSPS) is 16.7. The third-order valence-corrected chi connectivity index (χ3v) is 7.18. The molecule has 1 aliphatic heterocycles. The van der Waals surface area contributed by atoms with Gasteiger partial charge in [-0.25, -0.2) is 19.9 Å². The summed E-state index contributed by atoms with van der Waals surface area (Å²) in [5.41, 5.74) is 9.05. The summed E-state index contributed by atoms with van der Waals surface area (Å²) in [6.45, 7) is 1.70. The summed E-state index contributed by atoms with van der Waals surface area (Å²) in [6.07, 6.45) is 5.79. The first-order valence-electron chi connectivity index (χ1n) is 11.3. The van der Waals surface area contributed by atoms with Gasteiger partial charge in [-0.3, -0.25) is 4.79 Å². The molecule has 0 saturated carbocycles. The van der Waals surface area contributed by atoms with E-state index in [-0.39, 0.29) is 34.1 Å². The quantitative estimate of drug-likeness (QED) is 0.308. The number of phenols is 1. The number of hydrogen-bond acceptors (Lipinski definition) is 7. The molecule has 0 fully saturated rings. The summed E-state index contributed by atoms with van der Waals surface area (Å²) in [7, 11) is 0. The maximum Gasteiger partial charge on any atom is 0.240 e. The lowest BCUT2D eigenvalue weighted by Crippen LogP contribution is -2.32. The molecule has 37 heavy (non-hydrogen) atoms. The summed E-state index contributed by atoms with van der Waals surface area (Å²) in [5.74, 6) is 0.193. The number of halogens is 2. The van der Waals surface area contributed by atoms with Gasteiger partial charge in [0.25, 0.3) is 0 Å². The SMILES string of the molecule is C[C@@]1(c2ccc(Cl)c(O)c2)C(=O)Nc2nc(-c3cn4ccnc4c(Cc4ccc(Cl)cc4)n3)nc(N)c21. The minimum atomic E-state index is -1.22. The van der Waals surface area contributed by atoms with E-state index in [2.05, 4.69) is 20.3 Å². The number of nitrogen functional groups attached to an aromatic ring is 1. The predicted molar refractivity (Wildman–Crippen MR) is 141 cm³/mol. The first-order chi connectivity index (χ1) is 17.7. The van der Waals surface area contributed by atoms with Crippen molar-refractivity contribution in [3.8, 4) is 17.3 Å². The minimum Gasteiger partial charge on any atom is -0.506 e. The smallest absolute Gasteiger partial charge is 0.240 e. The molecule has 2 aromatic carbocycles. The van der Waals surface area contributed by atoms with Gasteiger partial charge in [0.15, 0.2) is 11.5 Å². The first kappa shape index (κ1) is 23.2. The number of nitrogens with two attached hydrogens (primary N) is 1. The lowest BCUT2D eigenvalue weighted by atomic mass is 9.77. The van der Waals surface area contributed by atoms with Gasteiger partial charge < -0.3 is 20.6 Å². The van der Waals surface area contributed by atoms with Crippen LogP contribution in [0, 0.1) is 0 Å². The summed E-state index contributed by atoms with van der Waals surface area (Å²) in [6, 6.07) is 12.2. The number of aromatic hydroxyl groups is 1. The van der Waals surface area contributed by atoms with E-state index in [1.165, 1.54) is 12.1 Å². The van der Waals surface area contributed by atoms with E-state index >= 15 is 0 Å². The van der Waals surface area contributed by atoms with Crippen molar-refractivity contribution < 1.29 is 9.90 Å². The zero-order chi connectivity index (χ0) is 25.9. The molecule has 5 aromatic rings. The number of hydrogen-bond donors (Lipinski definition) is 3. The minimum absolute atomic E-state index is 0.127. The third-order valence-electron chi connectivity index (χ3n) is 6.60. The number of carbonyl (C=O) groups excluding carboxylic acids is 1. The van der Waals surface area contributed by atoms with Gasteiger partial charge in [0.1, 0.15) is 28.5 Å². The molecule has 1 atom stereocenters. The Morgan fingerprint density at radius 2 is 1.89 bits per heavy atom. The van der Waals surface area contributed by atoms with Crippen LogP contribution in [-0.4, -0.2) is 35.4 Å². The molecule has 4 N–H and O–H groups in total. The average molecular weight is 532 g/mol. The fourth-order valence-corrected chi connectivity index (χ4v) is 4.88. The number of benzene rings is 2. The van der Waals surface area contributed by atoms with E-state index in [9.17, 15) is 9.90 Å². The molecule has 0 aliphatic carbocycles. The Kier molecular flexibility index (Phi) is 5.29. The molecule has 184 valence electrons. The van der Waals surface area contributed by atoms with Gasteiger partial charge in [-0.2, -0.15) is 0 Å². The van der Waals surface area contributed by atoms with Crippen LogP contribution >= 0.6 is 23.2 Å². The fourth-order valence-electron chi connectivity index (χ4n) is 4.64. The van der Waals surface area contributed by atoms with Crippen molar-refractivity contribution in [3.63, 3.8) is 0 Å². The van der Waals surface area contributed by atoms with Crippen molar-refractivity contribution in [2.45, 2.75) is 18.8 Å². The van der Waals surface area contributed by atoms with Crippen LogP contribution in [0.3, 0.4) is 0 Å². The second-order valence-electron chi connectivity index (χ2n) is 8.94. The Balaban J connectivity index is 1.45. The van der Waals surface area contributed by atoms with Crippen LogP contribution in [0.5, 0.6) is 5.75 Å². The van der Waals surface area contributed by atoms with E-state index in [1.807, 2.05) is 34.9 Å². The van der Waals surface area contributed by atoms with Gasteiger partial charge in [-0.05, 0) is 42.3 Å². The number of phenolic OH excluding ortho intramolecular Hbond substituents is 1. The Morgan fingerprint density at radius 1 is 1.11 bits per heavy atom.